The molecule has 0 saturated heterocycles. The minimum atomic E-state index is -0.311. The summed E-state index contributed by atoms with van der Waals surface area (Å²) >= 11 is 0. The lowest BCUT2D eigenvalue weighted by molar-refractivity contribution is -0.142. The number of nitrogens with zero attached hydrogens (tertiary/aromatic N) is 2. The van der Waals surface area contributed by atoms with Crippen molar-refractivity contribution in [2.75, 3.05) is 0 Å². The molecule has 0 aliphatic rings. The van der Waals surface area contributed by atoms with Crippen molar-refractivity contribution in [3.63, 3.8) is 0 Å². The molecule has 0 unspecified atom stereocenters. The highest BCUT2D eigenvalue weighted by atomic mass is 16.5. The van der Waals surface area contributed by atoms with Gasteiger partial charge >= 0.3 is 5.97 Å². The molecule has 0 radical (unpaired) electrons. The van der Waals surface area contributed by atoms with E-state index in [1.807, 2.05) is 6.07 Å². The van der Waals surface area contributed by atoms with Crippen molar-refractivity contribution in [2.45, 2.75) is 13.5 Å². The molecule has 0 aliphatic heterocycles. The summed E-state index contributed by atoms with van der Waals surface area (Å²) in [6.07, 6.45) is 1.58. The second-order valence-corrected chi connectivity index (χ2v) is 2.86. The Hall–Kier alpha value is -1.91. The number of carbonyl (C=O) groups is 1. The third-order valence-electron chi connectivity index (χ3n) is 1.76. The van der Waals surface area contributed by atoms with Crippen molar-refractivity contribution in [1.29, 1.82) is 0 Å². The van der Waals surface area contributed by atoms with Crippen LogP contribution in [0.5, 0.6) is 0 Å². The van der Waals surface area contributed by atoms with Crippen molar-refractivity contribution in [3.8, 4) is 0 Å². The molecule has 72 valence electrons. The molecule has 2 rings (SSSR count). The Balaban J connectivity index is 2.21. The summed E-state index contributed by atoms with van der Waals surface area (Å²) in [5, 5.41) is 0. The van der Waals surface area contributed by atoms with Crippen LogP contribution in [0.3, 0.4) is 0 Å². The fraction of sp³-hybridized carbons (Fsp3) is 0.222. The van der Waals surface area contributed by atoms with Gasteiger partial charge in [-0.1, -0.05) is 0 Å². The molecule has 2 heterocycles. The number of imidazole rings is 1. The minimum Gasteiger partial charge on any atom is -0.459 e. The zero-order chi connectivity index (χ0) is 9.97. The number of carbonyl (C=O) groups excluding carboxylic acids is 1. The fourth-order valence-corrected chi connectivity index (χ4v) is 1.12. The van der Waals surface area contributed by atoms with Crippen LogP contribution in [0.25, 0.3) is 11.2 Å². The molecule has 0 aliphatic carbocycles. The average Bonchev–Trinajstić information content (AvgIpc) is 2.61. The molecule has 0 spiro atoms. The highest BCUT2D eigenvalue weighted by molar-refractivity contribution is 5.69. The number of H-pyrrole nitrogens is 1. The van der Waals surface area contributed by atoms with Crippen LogP contribution >= 0.6 is 0 Å². The van der Waals surface area contributed by atoms with Gasteiger partial charge in [0.05, 0.1) is 17.5 Å². The first-order chi connectivity index (χ1) is 6.75. The van der Waals surface area contributed by atoms with Gasteiger partial charge in [0.1, 0.15) is 6.61 Å². The smallest absolute Gasteiger partial charge is 0.303 e. The van der Waals surface area contributed by atoms with Gasteiger partial charge in [-0.15, -0.1) is 0 Å². The Morgan fingerprint density at radius 3 is 3.21 bits per heavy atom. The Labute approximate surface area is 80.1 Å². The zero-order valence-electron chi connectivity index (χ0n) is 7.65. The standard InChI is InChI=1S/C9H9N3O2/c1-6(13)14-4-7-2-3-8-9(12-7)11-5-10-8/h2-3,5H,4H2,1H3,(H,10,11,12). The van der Waals surface area contributed by atoms with Gasteiger partial charge in [0.25, 0.3) is 0 Å². The number of hydrogen-bond acceptors (Lipinski definition) is 4. The number of rotatable bonds is 2. The molecule has 5 nitrogen and oxygen atoms in total. The van der Waals surface area contributed by atoms with Crippen molar-refractivity contribution in [2.24, 2.45) is 0 Å². The summed E-state index contributed by atoms with van der Waals surface area (Å²) in [6.45, 7) is 1.56. The van der Waals surface area contributed by atoms with Crippen LogP contribution in [0, 0.1) is 0 Å². The van der Waals surface area contributed by atoms with E-state index in [-0.39, 0.29) is 12.6 Å². The Bertz CT molecular complexity index is 464. The Morgan fingerprint density at radius 2 is 2.43 bits per heavy atom. The predicted octanol–water partition coefficient (Wildman–Crippen LogP) is 1.02. The van der Waals surface area contributed by atoms with E-state index in [1.54, 1.807) is 12.4 Å². The molecular weight excluding hydrogens is 182 g/mol. The van der Waals surface area contributed by atoms with Gasteiger partial charge in [0.2, 0.25) is 0 Å². The number of pyridine rings is 1. The van der Waals surface area contributed by atoms with Crippen LogP contribution < -0.4 is 0 Å². The summed E-state index contributed by atoms with van der Waals surface area (Å²) < 4.78 is 4.81. The molecule has 0 bridgehead atoms. The number of esters is 1. The summed E-state index contributed by atoms with van der Waals surface area (Å²) in [4.78, 5) is 21.7. The Kier molecular flexibility index (Phi) is 2.14. The molecule has 2 aromatic heterocycles. The molecule has 0 fully saturated rings. The number of aromatic amines is 1. The van der Waals surface area contributed by atoms with Gasteiger partial charge in [0.15, 0.2) is 5.65 Å². The van der Waals surface area contributed by atoms with Gasteiger partial charge in [-0.2, -0.15) is 0 Å². The van der Waals surface area contributed by atoms with Crippen LogP contribution in [-0.4, -0.2) is 20.9 Å². The lowest BCUT2D eigenvalue weighted by Crippen LogP contribution is -2.00. The highest BCUT2D eigenvalue weighted by Gasteiger charge is 2.01. The van der Waals surface area contributed by atoms with Crippen LogP contribution in [0.1, 0.15) is 12.6 Å². The molecular formula is C9H9N3O2. The molecule has 0 atom stereocenters. The number of hydrogen-bond donors (Lipinski definition) is 1. The third-order valence-corrected chi connectivity index (χ3v) is 1.76. The molecule has 0 amide bonds. The topological polar surface area (TPSA) is 67.9 Å². The van der Waals surface area contributed by atoms with Crippen molar-refractivity contribution in [1.82, 2.24) is 15.0 Å². The van der Waals surface area contributed by atoms with E-state index in [1.165, 1.54) is 6.92 Å². The first-order valence-electron chi connectivity index (χ1n) is 4.18. The normalized spacial score (nSPS) is 10.4. The third kappa shape index (κ3) is 1.71. The predicted molar refractivity (Wildman–Crippen MR) is 49.4 cm³/mol. The van der Waals surface area contributed by atoms with E-state index < -0.39 is 0 Å². The minimum absolute atomic E-state index is 0.193. The van der Waals surface area contributed by atoms with Gasteiger partial charge in [0, 0.05) is 6.92 Å². The van der Waals surface area contributed by atoms with Gasteiger partial charge in [-0.3, -0.25) is 4.79 Å². The zero-order valence-corrected chi connectivity index (χ0v) is 7.65. The number of aromatic nitrogens is 3. The van der Waals surface area contributed by atoms with Gasteiger partial charge in [-0.25, -0.2) is 9.97 Å². The largest absolute Gasteiger partial charge is 0.459 e. The maximum atomic E-state index is 10.6. The van der Waals surface area contributed by atoms with Crippen LogP contribution in [0.15, 0.2) is 18.5 Å². The second-order valence-electron chi connectivity index (χ2n) is 2.86. The molecule has 2 aromatic rings. The van der Waals surface area contributed by atoms with E-state index in [2.05, 4.69) is 15.0 Å². The molecule has 14 heavy (non-hydrogen) atoms. The van der Waals surface area contributed by atoms with E-state index in [9.17, 15) is 4.79 Å². The first-order valence-corrected chi connectivity index (χ1v) is 4.18. The van der Waals surface area contributed by atoms with Crippen molar-refractivity contribution < 1.29 is 9.53 Å². The molecule has 0 saturated carbocycles. The van der Waals surface area contributed by atoms with Crippen molar-refractivity contribution >= 4 is 17.1 Å². The second kappa shape index (κ2) is 3.45. The van der Waals surface area contributed by atoms with Crippen molar-refractivity contribution in [3.05, 3.63) is 24.2 Å². The quantitative estimate of drug-likeness (QED) is 0.719. The fourth-order valence-electron chi connectivity index (χ4n) is 1.12. The van der Waals surface area contributed by atoms with E-state index in [0.717, 1.165) is 5.52 Å². The van der Waals surface area contributed by atoms with Gasteiger partial charge < -0.3 is 9.72 Å². The molecule has 5 heteroatoms. The lowest BCUT2D eigenvalue weighted by Gasteiger charge is -2.00. The summed E-state index contributed by atoms with van der Waals surface area (Å²) in [7, 11) is 0. The number of nitrogens with one attached hydrogen (secondary N) is 1. The highest BCUT2D eigenvalue weighted by Crippen LogP contribution is 2.07. The van der Waals surface area contributed by atoms with E-state index in [4.69, 9.17) is 4.74 Å². The SMILES string of the molecule is CC(=O)OCc1ccc2[nH]cnc2n1. The van der Waals surface area contributed by atoms with E-state index in [0.29, 0.717) is 11.3 Å². The van der Waals surface area contributed by atoms with Crippen LogP contribution in [0.2, 0.25) is 0 Å². The number of ether oxygens (including phenoxy) is 1. The monoisotopic (exact) mass is 191 g/mol. The first kappa shape index (κ1) is 8.68. The van der Waals surface area contributed by atoms with Crippen LogP contribution in [-0.2, 0) is 16.1 Å². The molecule has 0 aromatic carbocycles. The van der Waals surface area contributed by atoms with E-state index >= 15 is 0 Å². The molecule has 1 N–H and O–H groups in total. The lowest BCUT2D eigenvalue weighted by atomic mass is 10.3. The van der Waals surface area contributed by atoms with Crippen LogP contribution in [0.4, 0.5) is 0 Å². The maximum absolute atomic E-state index is 10.6. The number of fused-ring (bicyclic) bond motifs is 1. The summed E-state index contributed by atoms with van der Waals surface area (Å²) in [5.41, 5.74) is 2.20. The average molecular weight is 191 g/mol. The van der Waals surface area contributed by atoms with Gasteiger partial charge in [-0.05, 0) is 12.1 Å². The summed E-state index contributed by atoms with van der Waals surface area (Å²) in [6, 6.07) is 3.65. The maximum Gasteiger partial charge on any atom is 0.303 e. The summed E-state index contributed by atoms with van der Waals surface area (Å²) in [5.74, 6) is -0.311. The Morgan fingerprint density at radius 1 is 1.57 bits per heavy atom.